The zero-order valence-electron chi connectivity index (χ0n) is 17.4. The quantitative estimate of drug-likeness (QED) is 0.405. The number of furan rings is 1. The molecule has 0 bridgehead atoms. The Labute approximate surface area is 184 Å². The van der Waals surface area contributed by atoms with Crippen molar-refractivity contribution in [3.63, 3.8) is 0 Å². The summed E-state index contributed by atoms with van der Waals surface area (Å²) < 4.78 is 51.8. The molecule has 0 radical (unpaired) electrons. The second-order valence-corrected chi connectivity index (χ2v) is 7.52. The molecule has 4 heterocycles. The molecule has 0 atom stereocenters. The average molecular weight is 455 g/mol. The van der Waals surface area contributed by atoms with Crippen molar-refractivity contribution in [2.45, 2.75) is 26.6 Å². The fourth-order valence-corrected chi connectivity index (χ4v) is 3.69. The highest BCUT2D eigenvalue weighted by Gasteiger charge is 2.31. The second kappa shape index (κ2) is 7.47. The first-order valence-corrected chi connectivity index (χ1v) is 9.85. The molecule has 0 aliphatic carbocycles. The molecular formula is C22H16F3N5O3. The van der Waals surface area contributed by atoms with Crippen LogP contribution in [-0.4, -0.2) is 25.6 Å². The van der Waals surface area contributed by atoms with Crippen molar-refractivity contribution in [1.82, 2.24) is 19.7 Å². The first-order chi connectivity index (χ1) is 15.7. The summed E-state index contributed by atoms with van der Waals surface area (Å²) in [6.45, 7) is 3.55. The van der Waals surface area contributed by atoms with Gasteiger partial charge in [0.25, 0.3) is 11.6 Å². The molecule has 1 amide bonds. The monoisotopic (exact) mass is 455 g/mol. The van der Waals surface area contributed by atoms with E-state index in [-0.39, 0.29) is 29.3 Å². The minimum Gasteiger partial charge on any atom is -0.467 e. The van der Waals surface area contributed by atoms with Crippen LogP contribution in [0.2, 0.25) is 0 Å². The first kappa shape index (κ1) is 20.7. The fourth-order valence-electron chi connectivity index (χ4n) is 3.69. The van der Waals surface area contributed by atoms with Gasteiger partial charge in [0.2, 0.25) is 5.95 Å². The number of hydrogen-bond acceptors (Lipinski definition) is 6. The Morgan fingerprint density at radius 3 is 2.70 bits per heavy atom. The van der Waals surface area contributed by atoms with Crippen LogP contribution in [0.3, 0.4) is 0 Å². The lowest BCUT2D eigenvalue weighted by molar-refractivity contribution is -0.137. The number of rotatable bonds is 4. The van der Waals surface area contributed by atoms with E-state index in [4.69, 9.17) is 8.94 Å². The number of carbonyl (C=O) groups is 1. The molecule has 11 heteroatoms. The Balaban J connectivity index is 1.61. The summed E-state index contributed by atoms with van der Waals surface area (Å²) in [5.41, 5.74) is 1.18. The predicted molar refractivity (Wildman–Crippen MR) is 112 cm³/mol. The van der Waals surface area contributed by atoms with Crippen LogP contribution < -0.4 is 5.32 Å². The Hall–Kier alpha value is -4.15. The molecule has 0 saturated heterocycles. The van der Waals surface area contributed by atoms with Gasteiger partial charge in [-0.3, -0.25) is 10.1 Å². The van der Waals surface area contributed by atoms with Crippen molar-refractivity contribution in [3.05, 3.63) is 70.9 Å². The normalized spacial score (nSPS) is 12.0. The summed E-state index contributed by atoms with van der Waals surface area (Å²) in [5, 5.41) is 7.03. The number of aromatic nitrogens is 4. The number of nitrogens with zero attached hydrogens (tertiary/aromatic N) is 4. The molecule has 1 aromatic carbocycles. The summed E-state index contributed by atoms with van der Waals surface area (Å²) >= 11 is 0. The highest BCUT2D eigenvalue weighted by Crippen LogP contribution is 2.33. The van der Waals surface area contributed by atoms with Crippen LogP contribution in [0, 0.1) is 13.8 Å². The maximum Gasteiger partial charge on any atom is 0.416 e. The fraction of sp³-hybridized carbons (Fsp3) is 0.182. The largest absolute Gasteiger partial charge is 0.467 e. The summed E-state index contributed by atoms with van der Waals surface area (Å²) in [6.07, 6.45) is -3.03. The highest BCUT2D eigenvalue weighted by molar-refractivity contribution is 6.12. The molecule has 0 fully saturated rings. The lowest BCUT2D eigenvalue weighted by Crippen LogP contribution is -2.17. The van der Waals surface area contributed by atoms with Gasteiger partial charge in [0, 0.05) is 5.69 Å². The first-order valence-electron chi connectivity index (χ1n) is 9.85. The van der Waals surface area contributed by atoms with Gasteiger partial charge in [-0.2, -0.15) is 13.2 Å². The van der Waals surface area contributed by atoms with Crippen LogP contribution in [-0.2, 0) is 12.7 Å². The van der Waals surface area contributed by atoms with E-state index in [0.29, 0.717) is 28.1 Å². The molecule has 5 rings (SSSR count). The number of benzene rings is 1. The third-order valence-electron chi connectivity index (χ3n) is 5.18. The van der Waals surface area contributed by atoms with Crippen molar-refractivity contribution < 1.29 is 26.9 Å². The number of carbonyl (C=O) groups excluding carboxylic acids is 1. The minimum absolute atomic E-state index is 0.0717. The molecule has 8 nitrogen and oxygen atoms in total. The van der Waals surface area contributed by atoms with Crippen molar-refractivity contribution in [1.29, 1.82) is 0 Å². The number of alkyl halides is 3. The van der Waals surface area contributed by atoms with E-state index < -0.39 is 17.6 Å². The van der Waals surface area contributed by atoms with Gasteiger partial charge in [-0.15, -0.1) is 0 Å². The zero-order valence-corrected chi connectivity index (χ0v) is 17.4. The third kappa shape index (κ3) is 3.71. The van der Waals surface area contributed by atoms with Crippen LogP contribution in [0.15, 0.2) is 51.6 Å². The van der Waals surface area contributed by atoms with Gasteiger partial charge in [0.15, 0.2) is 0 Å². The van der Waals surface area contributed by atoms with E-state index in [2.05, 4.69) is 20.4 Å². The number of anilines is 1. The lowest BCUT2D eigenvalue weighted by Gasteiger charge is -2.10. The summed E-state index contributed by atoms with van der Waals surface area (Å²) in [6, 6.07) is 8.25. The van der Waals surface area contributed by atoms with Gasteiger partial charge in [0.1, 0.15) is 5.76 Å². The van der Waals surface area contributed by atoms with Crippen LogP contribution in [0.4, 0.5) is 19.1 Å². The van der Waals surface area contributed by atoms with Crippen molar-refractivity contribution >= 4 is 34.0 Å². The third-order valence-corrected chi connectivity index (χ3v) is 5.18. The maximum absolute atomic E-state index is 13.2. The average Bonchev–Trinajstić information content (AvgIpc) is 3.47. The second-order valence-electron chi connectivity index (χ2n) is 7.52. The van der Waals surface area contributed by atoms with E-state index in [1.54, 1.807) is 36.6 Å². The van der Waals surface area contributed by atoms with Gasteiger partial charge in [0.05, 0.1) is 46.0 Å². The number of fused-ring (bicyclic) bond motifs is 2. The van der Waals surface area contributed by atoms with Gasteiger partial charge >= 0.3 is 6.18 Å². The number of amides is 1. The molecule has 168 valence electrons. The van der Waals surface area contributed by atoms with Gasteiger partial charge in [-0.25, -0.2) is 9.97 Å². The number of imidazole rings is 1. The predicted octanol–water partition coefficient (Wildman–Crippen LogP) is 5.10. The SMILES string of the molecule is Cc1cc(C(=O)Nc2nc3cc(C(F)(F)F)ccc3n2Cc2ccco2)c2c(C)noc2n1. The van der Waals surface area contributed by atoms with Crippen molar-refractivity contribution in [2.75, 3.05) is 5.32 Å². The van der Waals surface area contributed by atoms with Crippen molar-refractivity contribution in [2.24, 2.45) is 0 Å². The number of hydrogen-bond donors (Lipinski definition) is 1. The molecule has 33 heavy (non-hydrogen) atoms. The van der Waals surface area contributed by atoms with E-state index in [1.807, 2.05) is 0 Å². The van der Waals surface area contributed by atoms with E-state index in [9.17, 15) is 18.0 Å². The summed E-state index contributed by atoms with van der Waals surface area (Å²) in [7, 11) is 0. The number of halogens is 3. The maximum atomic E-state index is 13.2. The van der Waals surface area contributed by atoms with E-state index in [1.165, 1.54) is 12.3 Å². The Bertz CT molecular complexity index is 1500. The Morgan fingerprint density at radius 1 is 1.15 bits per heavy atom. The van der Waals surface area contributed by atoms with E-state index >= 15 is 0 Å². The molecule has 0 spiro atoms. The zero-order chi connectivity index (χ0) is 23.3. The Kier molecular flexibility index (Phi) is 4.69. The Morgan fingerprint density at radius 2 is 1.97 bits per heavy atom. The summed E-state index contributed by atoms with van der Waals surface area (Å²) in [4.78, 5) is 21.7. The van der Waals surface area contributed by atoms with Gasteiger partial charge in [-0.1, -0.05) is 5.16 Å². The molecular weight excluding hydrogens is 439 g/mol. The van der Waals surface area contributed by atoms with Crippen LogP contribution in [0.25, 0.3) is 22.1 Å². The molecule has 5 aromatic rings. The van der Waals surface area contributed by atoms with E-state index in [0.717, 1.165) is 12.1 Å². The lowest BCUT2D eigenvalue weighted by atomic mass is 10.1. The molecule has 1 N–H and O–H groups in total. The molecule has 0 unspecified atom stereocenters. The van der Waals surface area contributed by atoms with Gasteiger partial charge < -0.3 is 13.5 Å². The number of nitrogens with one attached hydrogen (secondary N) is 1. The standard InChI is InChI=1S/C22H16F3N5O3/c1-11-8-15(18-12(2)29-33-20(18)26-11)19(31)28-21-27-16-9-13(22(23,24)25)5-6-17(16)30(21)10-14-4-3-7-32-14/h3-9H,10H2,1-2H3,(H,27,28,31). The number of pyridine rings is 1. The molecule has 0 aliphatic rings. The molecule has 0 aliphatic heterocycles. The van der Waals surface area contributed by atoms with Crippen LogP contribution in [0.5, 0.6) is 0 Å². The summed E-state index contributed by atoms with van der Waals surface area (Å²) in [5.74, 6) is 0.0908. The minimum atomic E-state index is -4.52. The smallest absolute Gasteiger partial charge is 0.416 e. The van der Waals surface area contributed by atoms with Crippen molar-refractivity contribution in [3.8, 4) is 0 Å². The van der Waals surface area contributed by atoms with Crippen LogP contribution in [0.1, 0.15) is 33.1 Å². The van der Waals surface area contributed by atoms with Gasteiger partial charge in [-0.05, 0) is 50.2 Å². The molecule has 4 aromatic heterocycles. The highest BCUT2D eigenvalue weighted by atomic mass is 19.4. The number of aryl methyl sites for hydroxylation is 2. The molecule has 0 saturated carbocycles. The topological polar surface area (TPSA) is 99.0 Å². The van der Waals surface area contributed by atoms with Crippen LogP contribution >= 0.6 is 0 Å².